The molecule has 0 unspecified atom stereocenters. The van der Waals surface area contributed by atoms with Crippen LogP contribution in [0.4, 0.5) is 5.13 Å². The predicted octanol–water partition coefficient (Wildman–Crippen LogP) is 4.86. The van der Waals surface area contributed by atoms with Crippen LogP contribution in [-0.4, -0.2) is 31.4 Å². The molecule has 30 heavy (non-hydrogen) atoms. The molecular weight excluding hydrogens is 418 g/mol. The molecule has 9 heteroatoms. The summed E-state index contributed by atoms with van der Waals surface area (Å²) in [6.45, 7) is 12.5. The van der Waals surface area contributed by atoms with E-state index in [2.05, 4.69) is 47.3 Å². The van der Waals surface area contributed by atoms with Gasteiger partial charge in [0.2, 0.25) is 5.91 Å². The van der Waals surface area contributed by atoms with Crippen LogP contribution in [0, 0.1) is 27.7 Å². The molecule has 160 valence electrons. The summed E-state index contributed by atoms with van der Waals surface area (Å²) in [6.07, 6.45) is 0. The molecule has 0 fully saturated rings. The van der Waals surface area contributed by atoms with E-state index in [1.807, 2.05) is 37.5 Å². The highest BCUT2D eigenvalue weighted by atomic mass is 32.2. The van der Waals surface area contributed by atoms with E-state index in [1.165, 1.54) is 28.7 Å². The summed E-state index contributed by atoms with van der Waals surface area (Å²) in [5, 5.41) is 12.8. The van der Waals surface area contributed by atoms with Crippen LogP contribution in [0.25, 0.3) is 0 Å². The Labute approximate surface area is 185 Å². The van der Waals surface area contributed by atoms with Crippen molar-refractivity contribution in [3.63, 3.8) is 0 Å². The van der Waals surface area contributed by atoms with Gasteiger partial charge in [-0.2, -0.15) is 0 Å². The summed E-state index contributed by atoms with van der Waals surface area (Å²) < 4.78 is 7.99. The average Bonchev–Trinajstić information content (AvgIpc) is 3.22. The normalized spacial score (nSPS) is 11.2. The van der Waals surface area contributed by atoms with Gasteiger partial charge >= 0.3 is 0 Å². The van der Waals surface area contributed by atoms with E-state index in [9.17, 15) is 4.79 Å². The highest BCUT2D eigenvalue weighted by Crippen LogP contribution is 2.25. The van der Waals surface area contributed by atoms with Crippen LogP contribution >= 0.6 is 23.1 Å². The van der Waals surface area contributed by atoms with Crippen molar-refractivity contribution < 1.29 is 9.53 Å². The van der Waals surface area contributed by atoms with Gasteiger partial charge in [-0.15, -0.1) is 21.5 Å². The van der Waals surface area contributed by atoms with Crippen LogP contribution < -0.4 is 10.1 Å². The zero-order chi connectivity index (χ0) is 21.8. The first-order valence-electron chi connectivity index (χ1n) is 9.75. The van der Waals surface area contributed by atoms with Crippen LogP contribution in [-0.2, 0) is 11.4 Å². The second-order valence-electron chi connectivity index (χ2n) is 7.42. The quantitative estimate of drug-likeness (QED) is 0.499. The largest absolute Gasteiger partial charge is 0.485 e. The maximum Gasteiger partial charge on any atom is 0.236 e. The van der Waals surface area contributed by atoms with Gasteiger partial charge in [-0.05, 0) is 53.2 Å². The van der Waals surface area contributed by atoms with Crippen LogP contribution in [0.15, 0.2) is 23.4 Å². The Morgan fingerprint density at radius 1 is 1.23 bits per heavy atom. The molecule has 0 saturated carbocycles. The van der Waals surface area contributed by atoms with Gasteiger partial charge in [-0.25, -0.2) is 4.98 Å². The Kier molecular flexibility index (Phi) is 7.14. The molecule has 2 aromatic heterocycles. The Morgan fingerprint density at radius 2 is 2.00 bits per heavy atom. The summed E-state index contributed by atoms with van der Waals surface area (Å²) in [6, 6.07) is 6.24. The number of ether oxygens (including phenoxy) is 1. The lowest BCUT2D eigenvalue weighted by Gasteiger charge is -2.15. The molecule has 1 N–H and O–H groups in total. The summed E-state index contributed by atoms with van der Waals surface area (Å²) in [5.74, 6) is 1.70. The molecule has 2 heterocycles. The number of aryl methyl sites for hydroxylation is 4. The van der Waals surface area contributed by atoms with Crippen molar-refractivity contribution in [3.8, 4) is 5.75 Å². The summed E-state index contributed by atoms with van der Waals surface area (Å²) in [5.41, 5.74) is 3.23. The highest BCUT2D eigenvalue weighted by Gasteiger charge is 2.18. The lowest BCUT2D eigenvalue weighted by molar-refractivity contribution is -0.113. The molecule has 0 bridgehead atoms. The smallest absolute Gasteiger partial charge is 0.236 e. The molecule has 0 aliphatic heterocycles. The van der Waals surface area contributed by atoms with Gasteiger partial charge in [-0.3, -0.25) is 4.79 Å². The number of hydrogen-bond acceptors (Lipinski definition) is 7. The number of anilines is 1. The fraction of sp³-hybridized carbons (Fsp3) is 0.429. The number of amides is 1. The molecule has 0 saturated heterocycles. The van der Waals surface area contributed by atoms with Crippen molar-refractivity contribution in [3.05, 3.63) is 45.7 Å². The number of nitrogens with zero attached hydrogens (tertiary/aromatic N) is 4. The molecule has 0 radical (unpaired) electrons. The zero-order valence-corrected chi connectivity index (χ0v) is 19.8. The lowest BCUT2D eigenvalue weighted by atomic mass is 10.1. The minimum Gasteiger partial charge on any atom is -0.485 e. The van der Waals surface area contributed by atoms with Gasteiger partial charge < -0.3 is 14.6 Å². The van der Waals surface area contributed by atoms with E-state index in [0.717, 1.165) is 27.7 Å². The highest BCUT2D eigenvalue weighted by molar-refractivity contribution is 7.99. The number of nitrogens with one attached hydrogen (secondary N) is 1. The van der Waals surface area contributed by atoms with Gasteiger partial charge in [0.25, 0.3) is 0 Å². The topological polar surface area (TPSA) is 81.9 Å². The summed E-state index contributed by atoms with van der Waals surface area (Å²) in [4.78, 5) is 17.8. The van der Waals surface area contributed by atoms with E-state index in [-0.39, 0.29) is 17.7 Å². The first-order chi connectivity index (χ1) is 14.2. The number of benzene rings is 1. The maximum atomic E-state index is 12.3. The van der Waals surface area contributed by atoms with E-state index < -0.39 is 0 Å². The molecule has 1 aromatic carbocycles. The molecule has 3 rings (SSSR count). The van der Waals surface area contributed by atoms with E-state index in [0.29, 0.717) is 16.9 Å². The summed E-state index contributed by atoms with van der Waals surface area (Å²) >= 11 is 2.84. The number of thiazole rings is 1. The second-order valence-corrected chi connectivity index (χ2v) is 9.56. The number of aromatic nitrogens is 4. The first-order valence-corrected chi connectivity index (χ1v) is 11.5. The zero-order valence-electron chi connectivity index (χ0n) is 18.1. The lowest BCUT2D eigenvalue weighted by Crippen LogP contribution is -2.15. The van der Waals surface area contributed by atoms with Crippen LogP contribution in [0.3, 0.4) is 0 Å². The third-order valence-corrected chi connectivity index (χ3v) is 6.48. The first kappa shape index (κ1) is 22.3. The minimum atomic E-state index is -0.111. The van der Waals surface area contributed by atoms with Crippen molar-refractivity contribution in [1.82, 2.24) is 19.7 Å². The van der Waals surface area contributed by atoms with Gasteiger partial charge in [0, 0.05) is 10.9 Å². The van der Waals surface area contributed by atoms with Gasteiger partial charge in [0.05, 0.1) is 11.4 Å². The van der Waals surface area contributed by atoms with Gasteiger partial charge in [0.15, 0.2) is 16.1 Å². The van der Waals surface area contributed by atoms with Crippen molar-refractivity contribution in [2.24, 2.45) is 0 Å². The minimum absolute atomic E-state index is 0.111. The van der Waals surface area contributed by atoms with Crippen LogP contribution in [0.5, 0.6) is 5.75 Å². The van der Waals surface area contributed by atoms with E-state index in [4.69, 9.17) is 4.74 Å². The second kappa shape index (κ2) is 9.61. The standard InChI is InChI=1S/C21H27N5O2S2/c1-12(2)26-18(10-28-17-8-7-13(3)9-14(17)4)24-25-21(26)29-11-19(27)23-20-22-15(5)16(6)30-20/h7-9,12H,10-11H2,1-6H3,(H,22,23,27). The third-order valence-electron chi connectivity index (χ3n) is 4.55. The van der Waals surface area contributed by atoms with E-state index in [1.54, 1.807) is 0 Å². The van der Waals surface area contributed by atoms with Crippen molar-refractivity contribution in [1.29, 1.82) is 0 Å². The number of carbonyl (C=O) groups is 1. The van der Waals surface area contributed by atoms with E-state index >= 15 is 0 Å². The van der Waals surface area contributed by atoms with Crippen LogP contribution in [0.2, 0.25) is 0 Å². The van der Waals surface area contributed by atoms with Crippen LogP contribution in [0.1, 0.15) is 47.4 Å². The molecule has 0 spiro atoms. The Balaban J connectivity index is 1.64. The molecule has 1 amide bonds. The number of hydrogen-bond donors (Lipinski definition) is 1. The molecule has 0 aliphatic rings. The third kappa shape index (κ3) is 5.40. The van der Waals surface area contributed by atoms with Gasteiger partial charge in [0.1, 0.15) is 12.4 Å². The summed E-state index contributed by atoms with van der Waals surface area (Å²) in [7, 11) is 0. The fourth-order valence-corrected chi connectivity index (χ4v) is 4.66. The van der Waals surface area contributed by atoms with Crippen molar-refractivity contribution in [2.75, 3.05) is 11.1 Å². The van der Waals surface area contributed by atoms with Crippen molar-refractivity contribution in [2.45, 2.75) is 59.3 Å². The van der Waals surface area contributed by atoms with Gasteiger partial charge in [-0.1, -0.05) is 29.5 Å². The molecule has 3 aromatic rings. The average molecular weight is 446 g/mol. The molecule has 0 atom stereocenters. The predicted molar refractivity (Wildman–Crippen MR) is 122 cm³/mol. The number of carbonyl (C=O) groups excluding carboxylic acids is 1. The SMILES string of the molecule is Cc1ccc(OCc2nnc(SCC(=O)Nc3nc(C)c(C)s3)n2C(C)C)c(C)c1. The number of rotatable bonds is 8. The Hall–Kier alpha value is -2.39. The maximum absolute atomic E-state index is 12.3. The fourth-order valence-electron chi connectivity index (χ4n) is 2.94. The molecule has 7 nitrogen and oxygen atoms in total. The molecular formula is C21H27N5O2S2. The Morgan fingerprint density at radius 3 is 2.63 bits per heavy atom. The molecule has 0 aliphatic carbocycles. The monoisotopic (exact) mass is 445 g/mol. The van der Waals surface area contributed by atoms with Crippen molar-refractivity contribution >= 4 is 34.1 Å². The number of thioether (sulfide) groups is 1. The Bertz CT molecular complexity index is 1020.